The van der Waals surface area contributed by atoms with Crippen molar-refractivity contribution in [1.29, 1.82) is 0 Å². The highest BCUT2D eigenvalue weighted by Gasteiger charge is 2.26. The Morgan fingerprint density at radius 1 is 0.533 bits per heavy atom. The van der Waals surface area contributed by atoms with Crippen molar-refractivity contribution < 1.29 is 4.48 Å². The Hall–Kier alpha value is -1.54. The average Bonchev–Trinajstić information content (AvgIpc) is 2.83. The Balaban J connectivity index is 0.000000424. The molecule has 0 radical (unpaired) electrons. The zero-order chi connectivity index (χ0) is 22.3. The van der Waals surface area contributed by atoms with Crippen LogP contribution in [-0.4, -0.2) is 36.8 Å². The number of rotatable bonds is 12. The Kier molecular flexibility index (Phi) is 12.8. The van der Waals surface area contributed by atoms with Gasteiger partial charge in [0, 0.05) is 0 Å². The summed E-state index contributed by atoms with van der Waals surface area (Å²) in [6.07, 6.45) is 7.18. The summed E-state index contributed by atoms with van der Waals surface area (Å²) in [7, 11) is 0. The molecule has 0 saturated heterocycles. The Morgan fingerprint density at radius 3 is 1.10 bits per heavy atom. The van der Waals surface area contributed by atoms with Gasteiger partial charge in [0.05, 0.1) is 32.3 Å². The monoisotopic (exact) mass is 409 g/mol. The summed E-state index contributed by atoms with van der Waals surface area (Å²) in [5.41, 5.74) is 3.09. The maximum absolute atomic E-state index is 2.35. The molecule has 1 nitrogen and oxygen atoms in total. The molecule has 0 saturated carbocycles. The molecule has 0 spiro atoms. The minimum absolute atomic E-state index is 0.611. The Labute approximate surface area is 188 Å². The van der Waals surface area contributed by atoms with Gasteiger partial charge in [-0.15, -0.1) is 0 Å². The molecular weight excluding hydrogens is 361 g/mol. The summed E-state index contributed by atoms with van der Waals surface area (Å²) in [6.45, 7) is 18.8. The van der Waals surface area contributed by atoms with Crippen LogP contribution in [0.15, 0.2) is 60.7 Å². The predicted molar refractivity (Wildman–Crippen MR) is 140 cm³/mol. The first-order valence-electron chi connectivity index (χ1n) is 12.7. The predicted octanol–water partition coefficient (Wildman–Crippen LogP) is 6.73. The molecule has 2 aromatic carbocycles. The second kappa shape index (κ2) is 14.5. The summed E-state index contributed by atoms with van der Waals surface area (Å²) in [5.74, 6) is 0. The van der Waals surface area contributed by atoms with Crippen molar-refractivity contribution in [3.63, 3.8) is 0 Å². The lowest BCUT2D eigenvalue weighted by Crippen LogP contribution is -2.58. The number of hydrogen-bond donors (Lipinski definition) is 0. The standard InChI is InChI=1S/C20H28B.C8H20N/c1-3-5-17-21(18-6-4-2,19-13-9-7-10-14-19)20-15-11-8-12-16-20;1-5-9(6-2,7-3)8-4/h7-16H,3-6,17-18H2,1-2H3;5-8H2,1-4H3/q-1;+1. The van der Waals surface area contributed by atoms with Crippen LogP contribution in [0.25, 0.3) is 0 Å². The van der Waals surface area contributed by atoms with Crippen LogP contribution in [0.4, 0.5) is 0 Å². The largest absolute Gasteiger partial charge is 0.325 e. The molecule has 0 N–H and O–H groups in total. The van der Waals surface area contributed by atoms with Crippen molar-refractivity contribution in [2.75, 3.05) is 26.2 Å². The summed E-state index contributed by atoms with van der Waals surface area (Å²) in [5, 5.41) is 0. The molecule has 0 aliphatic carbocycles. The van der Waals surface area contributed by atoms with Gasteiger partial charge in [0.25, 0.3) is 0 Å². The van der Waals surface area contributed by atoms with Crippen LogP contribution in [0.5, 0.6) is 0 Å². The molecule has 0 amide bonds. The molecule has 2 aromatic rings. The van der Waals surface area contributed by atoms with Gasteiger partial charge in [0.15, 0.2) is 0 Å². The first-order chi connectivity index (χ1) is 14.6. The van der Waals surface area contributed by atoms with E-state index >= 15 is 0 Å². The van der Waals surface area contributed by atoms with E-state index in [1.54, 1.807) is 10.9 Å². The fourth-order valence-electron chi connectivity index (χ4n) is 5.09. The molecule has 0 aromatic heterocycles. The van der Waals surface area contributed by atoms with E-state index in [4.69, 9.17) is 0 Å². The van der Waals surface area contributed by atoms with Gasteiger partial charge < -0.3 is 4.48 Å². The molecule has 2 rings (SSSR count). The third-order valence-corrected chi connectivity index (χ3v) is 7.66. The molecule has 168 valence electrons. The molecule has 0 heterocycles. The van der Waals surface area contributed by atoms with Crippen LogP contribution in [0.1, 0.15) is 67.2 Å². The first kappa shape index (κ1) is 26.5. The molecule has 2 heteroatoms. The second-order valence-electron chi connectivity index (χ2n) is 8.96. The van der Waals surface area contributed by atoms with Crippen molar-refractivity contribution in [3.8, 4) is 0 Å². The van der Waals surface area contributed by atoms with E-state index in [0.29, 0.717) is 0 Å². The van der Waals surface area contributed by atoms with Gasteiger partial charge in [0.2, 0.25) is 0 Å². The van der Waals surface area contributed by atoms with Gasteiger partial charge >= 0.3 is 0 Å². The van der Waals surface area contributed by atoms with Crippen LogP contribution in [-0.2, 0) is 0 Å². The highest BCUT2D eigenvalue weighted by Crippen LogP contribution is 2.22. The van der Waals surface area contributed by atoms with Gasteiger partial charge in [-0.3, -0.25) is 0 Å². The third-order valence-electron chi connectivity index (χ3n) is 7.66. The van der Waals surface area contributed by atoms with Crippen molar-refractivity contribution in [3.05, 3.63) is 60.7 Å². The van der Waals surface area contributed by atoms with E-state index < -0.39 is 6.15 Å². The number of nitrogens with zero attached hydrogens (tertiary/aromatic N) is 1. The van der Waals surface area contributed by atoms with E-state index in [2.05, 4.69) is 102 Å². The van der Waals surface area contributed by atoms with E-state index in [1.165, 1.54) is 69.0 Å². The SMILES string of the molecule is CCCC[B-](CCCC)(c1ccccc1)c1ccccc1.CC[N+](CC)(CC)CC. The van der Waals surface area contributed by atoms with Crippen molar-refractivity contribution in [1.82, 2.24) is 0 Å². The van der Waals surface area contributed by atoms with Gasteiger partial charge in [-0.25, -0.2) is 10.9 Å². The molecular formula is C28H48BN. The number of unbranched alkanes of at least 4 members (excludes halogenated alkanes) is 2. The lowest BCUT2D eigenvalue weighted by atomic mass is 9.15. The maximum atomic E-state index is 2.35. The van der Waals surface area contributed by atoms with Crippen molar-refractivity contribution >= 4 is 17.1 Å². The van der Waals surface area contributed by atoms with Gasteiger partial charge in [-0.2, -0.15) is 12.6 Å². The van der Waals surface area contributed by atoms with Gasteiger partial charge in [0.1, 0.15) is 0 Å². The van der Waals surface area contributed by atoms with E-state index in [1.807, 2.05) is 0 Å². The lowest BCUT2D eigenvalue weighted by Gasteiger charge is -2.42. The van der Waals surface area contributed by atoms with Crippen LogP contribution < -0.4 is 10.9 Å². The summed E-state index contributed by atoms with van der Waals surface area (Å²) in [4.78, 5) is 0. The number of benzene rings is 2. The topological polar surface area (TPSA) is 0 Å². The smallest absolute Gasteiger partial charge is 0.0757 e. The van der Waals surface area contributed by atoms with E-state index in [-0.39, 0.29) is 0 Å². The van der Waals surface area contributed by atoms with E-state index in [0.717, 1.165) is 0 Å². The number of quaternary nitrogens is 1. The first-order valence-corrected chi connectivity index (χ1v) is 12.7. The van der Waals surface area contributed by atoms with Gasteiger partial charge in [-0.05, 0) is 27.7 Å². The van der Waals surface area contributed by atoms with Crippen LogP contribution in [0, 0.1) is 0 Å². The molecule has 0 unspecified atom stereocenters. The quantitative estimate of drug-likeness (QED) is 0.269. The molecule has 0 bridgehead atoms. The molecule has 0 atom stereocenters. The zero-order valence-corrected chi connectivity index (χ0v) is 20.9. The highest BCUT2D eigenvalue weighted by molar-refractivity contribution is 7.02. The second-order valence-corrected chi connectivity index (χ2v) is 8.96. The van der Waals surface area contributed by atoms with Crippen molar-refractivity contribution in [2.45, 2.75) is 79.9 Å². The number of hydrogen-bond acceptors (Lipinski definition) is 0. The van der Waals surface area contributed by atoms with E-state index in [9.17, 15) is 0 Å². The molecule has 30 heavy (non-hydrogen) atoms. The third kappa shape index (κ3) is 7.31. The normalized spacial score (nSPS) is 11.7. The maximum Gasteiger partial charge on any atom is 0.0757 e. The minimum Gasteiger partial charge on any atom is -0.325 e. The van der Waals surface area contributed by atoms with Crippen LogP contribution in [0.2, 0.25) is 12.6 Å². The van der Waals surface area contributed by atoms with Crippen LogP contribution in [0.3, 0.4) is 0 Å². The lowest BCUT2D eigenvalue weighted by molar-refractivity contribution is -0.921. The Bertz CT molecular complexity index is 582. The van der Waals surface area contributed by atoms with Crippen molar-refractivity contribution in [2.24, 2.45) is 0 Å². The summed E-state index contributed by atoms with van der Waals surface area (Å²) in [6, 6.07) is 22.5. The molecule has 0 fully saturated rings. The Morgan fingerprint density at radius 2 is 0.867 bits per heavy atom. The molecule has 0 aliphatic rings. The fraction of sp³-hybridized carbons (Fsp3) is 0.571. The minimum atomic E-state index is -0.611. The fourth-order valence-corrected chi connectivity index (χ4v) is 5.09. The summed E-state index contributed by atoms with van der Waals surface area (Å²) >= 11 is 0. The summed E-state index contributed by atoms with van der Waals surface area (Å²) < 4.78 is 1.28. The van der Waals surface area contributed by atoms with Crippen LogP contribution >= 0.6 is 0 Å². The molecule has 0 aliphatic heterocycles. The van der Waals surface area contributed by atoms with Gasteiger partial charge in [-0.1, -0.05) is 100 Å². The average molecular weight is 410 g/mol. The highest BCUT2D eigenvalue weighted by atomic mass is 15.3. The zero-order valence-electron chi connectivity index (χ0n) is 20.9.